The lowest BCUT2D eigenvalue weighted by Gasteiger charge is -2.26. The lowest BCUT2D eigenvalue weighted by molar-refractivity contribution is -0.119. The van der Waals surface area contributed by atoms with Gasteiger partial charge in [-0.25, -0.2) is 4.98 Å². The van der Waals surface area contributed by atoms with Crippen LogP contribution in [0.1, 0.15) is 29.7 Å². The second kappa shape index (κ2) is 10.5. The molecule has 29 heavy (non-hydrogen) atoms. The molecular formula is C22H22Cl2N2OS2. The van der Waals surface area contributed by atoms with Crippen LogP contribution in [0.15, 0.2) is 58.3 Å². The minimum atomic E-state index is -0.0435. The molecule has 0 aliphatic heterocycles. The van der Waals surface area contributed by atoms with Gasteiger partial charge in [0.25, 0.3) is 0 Å². The number of aryl methyl sites for hydroxylation is 1. The normalized spacial score (nSPS) is 13.1. The summed E-state index contributed by atoms with van der Waals surface area (Å²) in [6, 6.07) is 15.6. The maximum absolute atomic E-state index is 12.5. The van der Waals surface area contributed by atoms with Gasteiger partial charge in [-0.3, -0.25) is 4.79 Å². The van der Waals surface area contributed by atoms with Crippen molar-refractivity contribution in [2.75, 3.05) is 5.75 Å². The van der Waals surface area contributed by atoms with Crippen molar-refractivity contribution < 1.29 is 4.79 Å². The molecule has 0 saturated carbocycles. The lowest BCUT2D eigenvalue weighted by atomic mass is 9.86. The molecule has 1 amide bonds. The number of hydrogen-bond donors (Lipinski definition) is 1. The van der Waals surface area contributed by atoms with Crippen molar-refractivity contribution in [3.05, 3.63) is 80.8 Å². The summed E-state index contributed by atoms with van der Waals surface area (Å²) in [5.41, 5.74) is 3.29. The number of rotatable bonds is 8. The number of benzene rings is 2. The maximum atomic E-state index is 12.5. The summed E-state index contributed by atoms with van der Waals surface area (Å²) in [6.07, 6.45) is 0.791. The first-order valence-electron chi connectivity index (χ1n) is 9.25. The monoisotopic (exact) mass is 464 g/mol. The van der Waals surface area contributed by atoms with Crippen LogP contribution in [-0.4, -0.2) is 22.7 Å². The molecule has 3 rings (SSSR count). The number of carbonyl (C=O) groups is 1. The molecule has 0 fully saturated rings. The van der Waals surface area contributed by atoms with Crippen LogP contribution in [0.2, 0.25) is 10.0 Å². The van der Waals surface area contributed by atoms with E-state index in [0.29, 0.717) is 15.8 Å². The minimum absolute atomic E-state index is 0.00502. The largest absolute Gasteiger partial charge is 0.352 e. The first-order chi connectivity index (χ1) is 13.9. The zero-order chi connectivity index (χ0) is 20.8. The van der Waals surface area contributed by atoms with E-state index in [0.717, 1.165) is 22.0 Å². The number of nitrogens with zero attached hydrogens (tertiary/aromatic N) is 1. The fourth-order valence-corrected chi connectivity index (χ4v) is 5.00. The molecule has 2 atom stereocenters. The highest BCUT2D eigenvalue weighted by Gasteiger charge is 2.22. The van der Waals surface area contributed by atoms with Gasteiger partial charge < -0.3 is 5.32 Å². The third-order valence-electron chi connectivity index (χ3n) is 4.58. The molecule has 0 radical (unpaired) electrons. The zero-order valence-corrected chi connectivity index (χ0v) is 19.3. The van der Waals surface area contributed by atoms with E-state index in [1.807, 2.05) is 67.8 Å². The van der Waals surface area contributed by atoms with Gasteiger partial charge in [0.1, 0.15) is 0 Å². The summed E-state index contributed by atoms with van der Waals surface area (Å²) in [5, 5.41) is 6.57. The van der Waals surface area contributed by atoms with Gasteiger partial charge in [-0.1, -0.05) is 59.2 Å². The minimum Gasteiger partial charge on any atom is -0.352 e. The summed E-state index contributed by atoms with van der Waals surface area (Å²) in [5.74, 6) is 0.473. The molecule has 0 bridgehead atoms. The Morgan fingerprint density at radius 3 is 2.31 bits per heavy atom. The Balaban J connectivity index is 1.69. The molecule has 152 valence electrons. The van der Waals surface area contributed by atoms with Crippen molar-refractivity contribution in [1.29, 1.82) is 0 Å². The number of amides is 1. The average Bonchev–Trinajstić information content (AvgIpc) is 3.12. The lowest BCUT2D eigenvalue weighted by Crippen LogP contribution is -2.38. The molecule has 3 aromatic rings. The predicted octanol–water partition coefficient (Wildman–Crippen LogP) is 6.38. The van der Waals surface area contributed by atoms with E-state index in [1.165, 1.54) is 17.3 Å². The van der Waals surface area contributed by atoms with Gasteiger partial charge in [0.15, 0.2) is 4.34 Å². The number of thiazole rings is 1. The molecule has 7 heteroatoms. The van der Waals surface area contributed by atoms with E-state index in [1.54, 1.807) is 11.3 Å². The fraction of sp³-hybridized carbons (Fsp3) is 0.273. The fourth-order valence-electron chi connectivity index (χ4n) is 3.09. The molecule has 1 aromatic heterocycles. The van der Waals surface area contributed by atoms with Crippen molar-refractivity contribution in [3.8, 4) is 0 Å². The van der Waals surface area contributed by atoms with Gasteiger partial charge in [-0.15, -0.1) is 11.3 Å². The van der Waals surface area contributed by atoms with Gasteiger partial charge in [0.05, 0.1) is 5.75 Å². The smallest absolute Gasteiger partial charge is 0.230 e. The quantitative estimate of drug-likeness (QED) is 0.393. The maximum Gasteiger partial charge on any atom is 0.230 e. The highest BCUT2D eigenvalue weighted by atomic mass is 35.5. The van der Waals surface area contributed by atoms with Crippen LogP contribution < -0.4 is 5.32 Å². The number of nitrogens with one attached hydrogen (secondary N) is 1. The van der Waals surface area contributed by atoms with Crippen LogP contribution in [0.3, 0.4) is 0 Å². The first-order valence-corrected chi connectivity index (χ1v) is 11.9. The van der Waals surface area contributed by atoms with E-state index < -0.39 is 0 Å². The summed E-state index contributed by atoms with van der Waals surface area (Å²) in [6.45, 7) is 4.00. The van der Waals surface area contributed by atoms with Crippen molar-refractivity contribution in [2.45, 2.75) is 36.6 Å². The number of halogens is 2. The molecule has 0 saturated heterocycles. The zero-order valence-electron chi connectivity index (χ0n) is 16.2. The van der Waals surface area contributed by atoms with Crippen LogP contribution in [0.4, 0.5) is 0 Å². The molecule has 3 nitrogen and oxygen atoms in total. The van der Waals surface area contributed by atoms with Gasteiger partial charge >= 0.3 is 0 Å². The first kappa shape index (κ1) is 22.2. The summed E-state index contributed by atoms with van der Waals surface area (Å²) in [7, 11) is 0. The van der Waals surface area contributed by atoms with Gasteiger partial charge in [-0.05, 0) is 55.7 Å². The van der Waals surface area contributed by atoms with Crippen LogP contribution in [0.5, 0.6) is 0 Å². The van der Waals surface area contributed by atoms with Crippen molar-refractivity contribution in [3.63, 3.8) is 0 Å². The highest BCUT2D eigenvalue weighted by molar-refractivity contribution is 8.01. The van der Waals surface area contributed by atoms with Crippen LogP contribution >= 0.6 is 46.3 Å². The molecule has 2 aromatic carbocycles. The van der Waals surface area contributed by atoms with Gasteiger partial charge in [0, 0.05) is 33.1 Å². The van der Waals surface area contributed by atoms with Crippen LogP contribution in [0.25, 0.3) is 0 Å². The Labute approximate surface area is 189 Å². The Kier molecular flexibility index (Phi) is 8.01. The Morgan fingerprint density at radius 2 is 1.72 bits per heavy atom. The summed E-state index contributed by atoms with van der Waals surface area (Å²) < 4.78 is 0.917. The van der Waals surface area contributed by atoms with Crippen LogP contribution in [-0.2, 0) is 11.2 Å². The van der Waals surface area contributed by atoms with Crippen molar-refractivity contribution in [1.82, 2.24) is 10.3 Å². The van der Waals surface area contributed by atoms with E-state index in [9.17, 15) is 4.79 Å². The number of hydrogen-bond acceptors (Lipinski definition) is 4. The number of aromatic nitrogens is 1. The topological polar surface area (TPSA) is 42.0 Å². The second-order valence-corrected chi connectivity index (χ2v) is 9.84. The molecular weight excluding hydrogens is 443 g/mol. The molecule has 0 aliphatic rings. The molecule has 1 N–H and O–H groups in total. The third-order valence-corrected chi connectivity index (χ3v) is 7.23. The molecule has 1 heterocycles. The Hall–Kier alpha value is -1.53. The Bertz CT molecular complexity index is 942. The predicted molar refractivity (Wildman–Crippen MR) is 125 cm³/mol. The summed E-state index contributed by atoms with van der Waals surface area (Å²) in [4.78, 5) is 16.9. The van der Waals surface area contributed by atoms with Gasteiger partial charge in [0.2, 0.25) is 5.91 Å². The molecule has 0 aliphatic carbocycles. The van der Waals surface area contributed by atoms with E-state index in [4.69, 9.17) is 23.2 Å². The standard InChI is InChI=1S/C22H22Cl2N2OS2/c1-14-12-28-22(25-14)29-13-21(27)26-15(2)20(17-5-9-19(24)10-6-17)11-16-3-7-18(23)8-4-16/h3-10,12,15,20H,11,13H2,1-2H3,(H,26,27). The van der Waals surface area contributed by atoms with Crippen molar-refractivity contribution in [2.24, 2.45) is 0 Å². The molecule has 0 spiro atoms. The number of carbonyl (C=O) groups excluding carboxylic acids is 1. The van der Waals surface area contributed by atoms with E-state index in [2.05, 4.69) is 10.3 Å². The SMILES string of the molecule is Cc1csc(SCC(=O)NC(C)C(Cc2ccc(Cl)cc2)c2ccc(Cl)cc2)n1. The van der Waals surface area contributed by atoms with E-state index in [-0.39, 0.29) is 17.9 Å². The second-order valence-electron chi connectivity index (χ2n) is 6.89. The molecule has 2 unspecified atom stereocenters. The average molecular weight is 465 g/mol. The van der Waals surface area contributed by atoms with Crippen molar-refractivity contribution >= 4 is 52.2 Å². The number of thioether (sulfide) groups is 1. The van der Waals surface area contributed by atoms with Gasteiger partial charge in [-0.2, -0.15) is 0 Å². The third kappa shape index (κ3) is 6.75. The highest BCUT2D eigenvalue weighted by Crippen LogP contribution is 2.27. The Morgan fingerprint density at radius 1 is 1.10 bits per heavy atom. The van der Waals surface area contributed by atoms with E-state index >= 15 is 0 Å². The summed E-state index contributed by atoms with van der Waals surface area (Å²) >= 11 is 15.1. The van der Waals surface area contributed by atoms with Crippen LogP contribution in [0, 0.1) is 6.92 Å².